The normalized spacial score (nSPS) is 11.4. The zero-order chi connectivity index (χ0) is 10.9. The molecule has 1 aromatic heterocycles. The number of hydrogen-bond donors (Lipinski definition) is 1. The quantitative estimate of drug-likeness (QED) is 0.699. The number of carbonyl (C=O) groups excluding carboxylic acids is 1. The van der Waals surface area contributed by atoms with E-state index in [1.54, 1.807) is 20.8 Å². The van der Waals surface area contributed by atoms with E-state index in [4.69, 9.17) is 5.11 Å². The van der Waals surface area contributed by atoms with Gasteiger partial charge in [-0.05, 0) is 20.8 Å². The molecule has 76 valence electrons. The highest BCUT2D eigenvalue weighted by molar-refractivity contribution is 5.93. The number of carboxylic acid groups (broad SMARTS) is 1. The van der Waals surface area contributed by atoms with Crippen LogP contribution in [-0.4, -0.2) is 32.4 Å². The van der Waals surface area contributed by atoms with Gasteiger partial charge in [0.25, 0.3) is 0 Å². The molecule has 0 aliphatic rings. The molecule has 0 fully saturated rings. The fourth-order valence-corrected chi connectivity index (χ4v) is 1.04. The number of rotatable bonds is 2. The summed E-state index contributed by atoms with van der Waals surface area (Å²) in [5.74, 6) is -1.25. The zero-order valence-corrected chi connectivity index (χ0v) is 8.18. The van der Waals surface area contributed by atoms with Gasteiger partial charge in [-0.1, -0.05) is 5.21 Å². The van der Waals surface area contributed by atoms with Crippen molar-refractivity contribution >= 4 is 12.3 Å². The number of aromatic nitrogens is 3. The van der Waals surface area contributed by atoms with E-state index in [1.807, 2.05) is 0 Å². The predicted molar refractivity (Wildman–Crippen MR) is 47.4 cm³/mol. The molecule has 0 unspecified atom stereocenters. The molecule has 0 bridgehead atoms. The molecule has 14 heavy (non-hydrogen) atoms. The van der Waals surface area contributed by atoms with Gasteiger partial charge < -0.3 is 5.11 Å². The molecule has 0 spiro atoms. The van der Waals surface area contributed by atoms with Gasteiger partial charge in [0.15, 0.2) is 6.29 Å². The third-order valence-corrected chi connectivity index (χ3v) is 1.65. The summed E-state index contributed by atoms with van der Waals surface area (Å²) in [6.07, 6.45) is 0.453. The average molecular weight is 197 g/mol. The van der Waals surface area contributed by atoms with Gasteiger partial charge in [0.05, 0.1) is 5.54 Å². The van der Waals surface area contributed by atoms with Crippen LogP contribution in [0, 0.1) is 0 Å². The van der Waals surface area contributed by atoms with Gasteiger partial charge in [0.2, 0.25) is 5.69 Å². The number of hydrogen-bond acceptors (Lipinski definition) is 4. The summed E-state index contributed by atoms with van der Waals surface area (Å²) < 4.78 is 1.30. The van der Waals surface area contributed by atoms with Crippen LogP contribution >= 0.6 is 0 Å². The number of carbonyl (C=O) groups is 2. The Balaban J connectivity index is 3.35. The third-order valence-electron chi connectivity index (χ3n) is 1.65. The molecule has 0 aliphatic heterocycles. The molecule has 0 aliphatic carbocycles. The van der Waals surface area contributed by atoms with E-state index in [-0.39, 0.29) is 11.4 Å². The molecule has 1 heterocycles. The summed E-state index contributed by atoms with van der Waals surface area (Å²) in [5, 5.41) is 15.8. The van der Waals surface area contributed by atoms with E-state index in [1.165, 1.54) is 4.68 Å². The molecular weight excluding hydrogens is 186 g/mol. The molecule has 0 atom stereocenters. The lowest BCUT2D eigenvalue weighted by Gasteiger charge is -2.19. The lowest BCUT2D eigenvalue weighted by atomic mass is 10.1. The van der Waals surface area contributed by atoms with Crippen LogP contribution in [0.1, 0.15) is 41.7 Å². The summed E-state index contributed by atoms with van der Waals surface area (Å²) in [7, 11) is 0. The molecule has 6 heteroatoms. The second-order valence-corrected chi connectivity index (χ2v) is 3.83. The van der Waals surface area contributed by atoms with Crippen molar-refractivity contribution in [3.05, 3.63) is 11.4 Å². The van der Waals surface area contributed by atoms with Crippen molar-refractivity contribution < 1.29 is 14.7 Å². The Morgan fingerprint density at radius 1 is 1.50 bits per heavy atom. The van der Waals surface area contributed by atoms with Crippen LogP contribution in [0.2, 0.25) is 0 Å². The minimum Gasteiger partial charge on any atom is -0.476 e. The van der Waals surface area contributed by atoms with Crippen molar-refractivity contribution in [1.29, 1.82) is 0 Å². The number of aromatic carboxylic acids is 1. The predicted octanol–water partition coefficient (Wildman–Crippen LogP) is 0.544. The first-order chi connectivity index (χ1) is 6.38. The molecule has 1 N–H and O–H groups in total. The van der Waals surface area contributed by atoms with Gasteiger partial charge in [-0.3, -0.25) is 4.79 Å². The van der Waals surface area contributed by atoms with E-state index in [0.717, 1.165) is 0 Å². The average Bonchev–Trinajstić information content (AvgIpc) is 2.45. The summed E-state index contributed by atoms with van der Waals surface area (Å²) in [6, 6.07) is 0. The van der Waals surface area contributed by atoms with Crippen LogP contribution < -0.4 is 0 Å². The Hall–Kier alpha value is -1.72. The van der Waals surface area contributed by atoms with Gasteiger partial charge >= 0.3 is 5.97 Å². The Morgan fingerprint density at radius 3 is 2.43 bits per heavy atom. The fraction of sp³-hybridized carbons (Fsp3) is 0.500. The molecule has 0 amide bonds. The first-order valence-corrected chi connectivity index (χ1v) is 4.02. The summed E-state index contributed by atoms with van der Waals surface area (Å²) in [4.78, 5) is 21.3. The van der Waals surface area contributed by atoms with Gasteiger partial charge in [0.1, 0.15) is 5.69 Å². The van der Waals surface area contributed by atoms with Crippen LogP contribution in [-0.2, 0) is 5.54 Å². The summed E-state index contributed by atoms with van der Waals surface area (Å²) in [5.41, 5.74) is -0.781. The van der Waals surface area contributed by atoms with E-state index in [9.17, 15) is 9.59 Å². The standard InChI is InChI=1S/C8H11N3O3/c1-8(2,3)11-5(4-12)6(7(13)14)9-10-11/h4H,1-3H3,(H,13,14). The van der Waals surface area contributed by atoms with Crippen LogP contribution in [0.15, 0.2) is 0 Å². The molecule has 0 saturated heterocycles. The minimum atomic E-state index is -1.25. The van der Waals surface area contributed by atoms with Crippen molar-refractivity contribution in [3.8, 4) is 0 Å². The number of aldehydes is 1. The Bertz CT molecular complexity index is 376. The van der Waals surface area contributed by atoms with Gasteiger partial charge in [-0.2, -0.15) is 0 Å². The molecule has 0 aromatic carbocycles. The van der Waals surface area contributed by atoms with E-state index in [0.29, 0.717) is 6.29 Å². The first kappa shape index (κ1) is 10.4. The number of carboxylic acids is 1. The Labute approximate surface area is 80.5 Å². The molecule has 1 aromatic rings. The first-order valence-electron chi connectivity index (χ1n) is 4.02. The Morgan fingerprint density at radius 2 is 2.07 bits per heavy atom. The van der Waals surface area contributed by atoms with E-state index < -0.39 is 11.5 Å². The largest absolute Gasteiger partial charge is 0.476 e. The molecule has 6 nitrogen and oxygen atoms in total. The van der Waals surface area contributed by atoms with Crippen LogP contribution in [0.4, 0.5) is 0 Å². The minimum absolute atomic E-state index is 0.00926. The summed E-state index contributed by atoms with van der Waals surface area (Å²) in [6.45, 7) is 5.42. The van der Waals surface area contributed by atoms with Crippen LogP contribution in [0.3, 0.4) is 0 Å². The van der Waals surface area contributed by atoms with Gasteiger partial charge in [-0.25, -0.2) is 9.48 Å². The topological polar surface area (TPSA) is 85.1 Å². The van der Waals surface area contributed by atoms with Crippen molar-refractivity contribution in [3.63, 3.8) is 0 Å². The summed E-state index contributed by atoms with van der Waals surface area (Å²) >= 11 is 0. The smallest absolute Gasteiger partial charge is 0.358 e. The Kier molecular flexibility index (Phi) is 2.37. The molecule has 0 radical (unpaired) electrons. The highest BCUT2D eigenvalue weighted by Crippen LogP contribution is 2.15. The SMILES string of the molecule is CC(C)(C)n1nnc(C(=O)O)c1C=O. The van der Waals surface area contributed by atoms with Gasteiger partial charge in [-0.15, -0.1) is 5.10 Å². The molecular formula is C8H11N3O3. The van der Waals surface area contributed by atoms with Crippen molar-refractivity contribution in [2.45, 2.75) is 26.3 Å². The van der Waals surface area contributed by atoms with Crippen molar-refractivity contribution in [2.24, 2.45) is 0 Å². The number of nitrogens with zero attached hydrogens (tertiary/aromatic N) is 3. The van der Waals surface area contributed by atoms with Gasteiger partial charge in [0, 0.05) is 0 Å². The van der Waals surface area contributed by atoms with Crippen LogP contribution in [0.5, 0.6) is 0 Å². The second-order valence-electron chi connectivity index (χ2n) is 3.83. The highest BCUT2D eigenvalue weighted by Gasteiger charge is 2.24. The third kappa shape index (κ3) is 1.63. The van der Waals surface area contributed by atoms with Crippen molar-refractivity contribution in [2.75, 3.05) is 0 Å². The lowest BCUT2D eigenvalue weighted by molar-refractivity contribution is 0.0687. The molecule has 1 rings (SSSR count). The second kappa shape index (κ2) is 3.21. The lowest BCUT2D eigenvalue weighted by Crippen LogP contribution is -2.25. The fourth-order valence-electron chi connectivity index (χ4n) is 1.04. The molecule has 0 saturated carbocycles. The maximum absolute atomic E-state index is 10.7. The van der Waals surface area contributed by atoms with Crippen LogP contribution in [0.25, 0.3) is 0 Å². The monoisotopic (exact) mass is 197 g/mol. The highest BCUT2D eigenvalue weighted by atomic mass is 16.4. The maximum Gasteiger partial charge on any atom is 0.358 e. The zero-order valence-electron chi connectivity index (χ0n) is 8.18. The maximum atomic E-state index is 10.7. The van der Waals surface area contributed by atoms with Crippen molar-refractivity contribution in [1.82, 2.24) is 15.0 Å². The van der Waals surface area contributed by atoms with E-state index in [2.05, 4.69) is 10.3 Å². The van der Waals surface area contributed by atoms with E-state index >= 15 is 0 Å².